The van der Waals surface area contributed by atoms with Gasteiger partial charge in [-0.3, -0.25) is 4.79 Å². The molecule has 2 aromatic rings. The molecule has 3 rings (SSSR count). The number of ether oxygens (including phenoxy) is 2. The molecule has 1 aromatic carbocycles. The molecule has 13 heteroatoms. The first-order valence-corrected chi connectivity index (χ1v) is 10.2. The minimum Gasteiger partial charge on any atom is -0.476 e. The molecule has 6 atom stereocenters. The van der Waals surface area contributed by atoms with Gasteiger partial charge in [0.2, 0.25) is 5.91 Å². The van der Waals surface area contributed by atoms with Crippen molar-refractivity contribution in [2.45, 2.75) is 49.6 Å². The summed E-state index contributed by atoms with van der Waals surface area (Å²) < 4.78 is 16.2. The first-order valence-electron chi connectivity index (χ1n) is 10.2. The third-order valence-corrected chi connectivity index (χ3v) is 5.49. The van der Waals surface area contributed by atoms with Gasteiger partial charge in [-0.1, -0.05) is 0 Å². The number of carbonyl (C=O) groups excluding carboxylic acids is 1. The fourth-order valence-corrected chi connectivity index (χ4v) is 3.79. The lowest BCUT2D eigenvalue weighted by Gasteiger charge is -2.46. The van der Waals surface area contributed by atoms with Crippen LogP contribution < -0.4 is 15.7 Å². The lowest BCUT2D eigenvalue weighted by atomic mass is 9.88. The largest absolute Gasteiger partial charge is 0.476 e. The third-order valence-electron chi connectivity index (χ3n) is 5.49. The first-order chi connectivity index (χ1) is 16.0. The maximum atomic E-state index is 12.2. The number of hydrogen-bond acceptors (Lipinski definition) is 11. The fraction of sp³-hybridized carbons (Fsp3) is 0.476. The van der Waals surface area contributed by atoms with Crippen molar-refractivity contribution in [1.29, 1.82) is 0 Å². The van der Waals surface area contributed by atoms with E-state index in [-0.39, 0.29) is 11.3 Å². The highest BCUT2D eigenvalue weighted by Gasteiger charge is 2.56. The highest BCUT2D eigenvalue weighted by Crippen LogP contribution is 2.35. The van der Waals surface area contributed by atoms with Gasteiger partial charge in [-0.2, -0.15) is 0 Å². The predicted octanol–water partition coefficient (Wildman–Crippen LogP) is -2.40. The van der Waals surface area contributed by atoms with Gasteiger partial charge in [-0.25, -0.2) is 9.59 Å². The number of benzene rings is 1. The maximum absolute atomic E-state index is 12.2. The molecule has 0 aliphatic carbocycles. The molecular weight excluding hydrogens is 458 g/mol. The molecule has 0 saturated carbocycles. The van der Waals surface area contributed by atoms with E-state index < -0.39 is 73.4 Å². The Morgan fingerprint density at radius 1 is 1.26 bits per heavy atom. The van der Waals surface area contributed by atoms with E-state index in [1.165, 1.54) is 24.3 Å². The van der Waals surface area contributed by atoms with Gasteiger partial charge in [0.15, 0.2) is 0 Å². The summed E-state index contributed by atoms with van der Waals surface area (Å²) in [5.74, 6) is -5.41. The van der Waals surface area contributed by atoms with Gasteiger partial charge in [0.1, 0.15) is 36.3 Å². The van der Waals surface area contributed by atoms with Crippen LogP contribution in [-0.4, -0.2) is 92.0 Å². The van der Waals surface area contributed by atoms with Crippen LogP contribution in [0.2, 0.25) is 0 Å². The Hall–Kier alpha value is -3.07. The molecule has 7 N–H and O–H groups in total. The van der Waals surface area contributed by atoms with Crippen LogP contribution >= 0.6 is 0 Å². The van der Waals surface area contributed by atoms with E-state index in [9.17, 15) is 39.9 Å². The van der Waals surface area contributed by atoms with Gasteiger partial charge in [-0.15, -0.1) is 0 Å². The molecule has 186 valence electrons. The summed E-state index contributed by atoms with van der Waals surface area (Å²) in [7, 11) is 0. The molecule has 0 unspecified atom stereocenters. The Kier molecular flexibility index (Phi) is 7.55. The van der Waals surface area contributed by atoms with Gasteiger partial charge < -0.3 is 49.8 Å². The number of fused-ring (bicyclic) bond motifs is 1. The number of carboxylic acids is 1. The molecule has 0 spiro atoms. The SMILES string of the molecule is Cc1cc(=O)oc2cc(O[C@]3(C(=O)O)C[C@H](O)[C@@H](NC(=O)CO)[C@H]([C@@H](O)[C@H](O)CO)O3)ccc12. The van der Waals surface area contributed by atoms with Crippen molar-refractivity contribution in [3.63, 3.8) is 0 Å². The highest BCUT2D eigenvalue weighted by atomic mass is 16.7. The lowest BCUT2D eigenvalue weighted by Crippen LogP contribution is -2.69. The maximum Gasteiger partial charge on any atom is 0.377 e. The topological polar surface area (TPSA) is 216 Å². The number of aliphatic carboxylic acids is 1. The van der Waals surface area contributed by atoms with E-state index in [1.54, 1.807) is 6.92 Å². The normalized spacial score (nSPS) is 26.6. The van der Waals surface area contributed by atoms with E-state index in [2.05, 4.69) is 5.32 Å². The fourth-order valence-electron chi connectivity index (χ4n) is 3.79. The summed E-state index contributed by atoms with van der Waals surface area (Å²) in [6.45, 7) is -0.239. The number of carboxylic acid groups (broad SMARTS) is 1. The van der Waals surface area contributed by atoms with Crippen LogP contribution in [0.15, 0.2) is 33.5 Å². The summed E-state index contributed by atoms with van der Waals surface area (Å²) in [6, 6.07) is 3.95. The second-order valence-electron chi connectivity index (χ2n) is 7.91. The molecule has 13 nitrogen and oxygen atoms in total. The van der Waals surface area contributed by atoms with Gasteiger partial charge in [0, 0.05) is 17.5 Å². The summed E-state index contributed by atoms with van der Waals surface area (Å²) in [4.78, 5) is 35.6. The zero-order valence-corrected chi connectivity index (χ0v) is 18.0. The Morgan fingerprint density at radius 3 is 2.59 bits per heavy atom. The summed E-state index contributed by atoms with van der Waals surface area (Å²) in [5, 5.41) is 61.9. The van der Waals surface area contributed by atoms with Gasteiger partial charge in [0.05, 0.1) is 25.2 Å². The van der Waals surface area contributed by atoms with Crippen molar-refractivity contribution >= 4 is 22.8 Å². The third kappa shape index (κ3) is 5.04. The lowest BCUT2D eigenvalue weighted by molar-refractivity contribution is -0.284. The zero-order chi connectivity index (χ0) is 25.2. The number of aliphatic hydroxyl groups excluding tert-OH is 5. The van der Waals surface area contributed by atoms with Gasteiger partial charge >= 0.3 is 17.4 Å². The summed E-state index contributed by atoms with van der Waals surface area (Å²) in [5.41, 5.74) is 0.0709. The first kappa shape index (κ1) is 25.6. The van der Waals surface area contributed by atoms with Crippen LogP contribution in [0.5, 0.6) is 5.75 Å². The van der Waals surface area contributed by atoms with E-state index >= 15 is 0 Å². The van der Waals surface area contributed by atoms with Gasteiger partial charge in [0.25, 0.3) is 0 Å². The van der Waals surface area contributed by atoms with Crippen LogP contribution in [0.4, 0.5) is 0 Å². The van der Waals surface area contributed by atoms with Crippen LogP contribution in [0.25, 0.3) is 11.0 Å². The van der Waals surface area contributed by atoms with Crippen LogP contribution in [0.1, 0.15) is 12.0 Å². The van der Waals surface area contributed by atoms with Crippen molar-refractivity contribution in [2.24, 2.45) is 0 Å². The van der Waals surface area contributed by atoms with Crippen molar-refractivity contribution in [1.82, 2.24) is 5.32 Å². The Morgan fingerprint density at radius 2 is 1.97 bits per heavy atom. The minimum atomic E-state index is -2.61. The summed E-state index contributed by atoms with van der Waals surface area (Å²) in [6.07, 6.45) is -8.01. The zero-order valence-electron chi connectivity index (χ0n) is 18.0. The number of carbonyl (C=O) groups is 2. The molecule has 1 aliphatic rings. The number of hydrogen-bond donors (Lipinski definition) is 7. The van der Waals surface area contributed by atoms with E-state index in [0.717, 1.165) is 0 Å². The molecule has 1 saturated heterocycles. The van der Waals surface area contributed by atoms with E-state index in [1.807, 2.05) is 0 Å². The molecule has 2 heterocycles. The molecule has 1 fully saturated rings. The number of aryl methyl sites for hydroxylation is 1. The van der Waals surface area contributed by atoms with Crippen molar-refractivity contribution < 1.29 is 54.1 Å². The molecule has 1 aliphatic heterocycles. The van der Waals surface area contributed by atoms with Crippen molar-refractivity contribution in [3.8, 4) is 5.75 Å². The molecular formula is C21H25NO12. The highest BCUT2D eigenvalue weighted by molar-refractivity contribution is 5.82. The van der Waals surface area contributed by atoms with Crippen LogP contribution in [0.3, 0.4) is 0 Å². The smallest absolute Gasteiger partial charge is 0.377 e. The average Bonchev–Trinajstić information content (AvgIpc) is 2.78. The van der Waals surface area contributed by atoms with Gasteiger partial charge in [-0.05, 0) is 24.6 Å². The van der Waals surface area contributed by atoms with Crippen LogP contribution in [-0.2, 0) is 14.3 Å². The number of amides is 1. The standard InChI is InChI=1S/C21H25NO12/c1-9-4-16(28)32-14-5-10(2-3-11(9)14)33-21(20(30)31)6-12(25)17(22-15(27)8-24)19(34-21)18(29)13(26)7-23/h2-5,12-13,17-19,23-26,29H,6-8H2,1H3,(H,22,27)(H,30,31)/t12-,13+,17+,18-,19+,21+/m0/s1. The van der Waals surface area contributed by atoms with E-state index in [0.29, 0.717) is 10.9 Å². The average molecular weight is 483 g/mol. The Bertz CT molecular complexity index is 1120. The minimum absolute atomic E-state index is 0.0970. The van der Waals surface area contributed by atoms with E-state index in [4.69, 9.17) is 19.0 Å². The monoisotopic (exact) mass is 483 g/mol. The number of rotatable bonds is 8. The molecule has 34 heavy (non-hydrogen) atoms. The quantitative estimate of drug-likeness (QED) is 0.196. The molecule has 0 bridgehead atoms. The Labute approximate surface area is 191 Å². The summed E-state index contributed by atoms with van der Waals surface area (Å²) >= 11 is 0. The number of aliphatic hydroxyl groups is 5. The predicted molar refractivity (Wildman–Crippen MR) is 112 cm³/mol. The molecule has 1 amide bonds. The Balaban J connectivity index is 2.01. The van der Waals surface area contributed by atoms with Crippen molar-refractivity contribution in [3.05, 3.63) is 40.2 Å². The second-order valence-corrected chi connectivity index (χ2v) is 7.91. The van der Waals surface area contributed by atoms with Crippen molar-refractivity contribution in [2.75, 3.05) is 13.2 Å². The molecule has 1 aromatic heterocycles. The second kappa shape index (κ2) is 10.0. The number of nitrogens with one attached hydrogen (secondary N) is 1. The van der Waals surface area contributed by atoms with Crippen LogP contribution in [0, 0.1) is 6.92 Å². The molecule has 0 radical (unpaired) electrons.